The number of likely N-dealkylation sites (tertiary alicyclic amines) is 1. The SMILES string of the molecule is C#Cc1c(F)ccc2cc(O)cc(-c3c(F)cc4c(N5C[C@H]6CC[C@@H](C5)N6)nc(OC[C@]5(C)CN(C6CC6)CC[C@H]5C)nc4c3F)c12. The summed E-state index contributed by atoms with van der Waals surface area (Å²) in [5.41, 5.74) is -0.921. The number of phenols is 1. The molecule has 1 aliphatic carbocycles. The van der Waals surface area contributed by atoms with Crippen molar-refractivity contribution in [1.82, 2.24) is 20.2 Å². The number of hydrogen-bond donors (Lipinski definition) is 2. The van der Waals surface area contributed by atoms with Gasteiger partial charge in [-0.2, -0.15) is 9.97 Å². The number of anilines is 1. The second-order valence-electron chi connectivity index (χ2n) is 14.3. The molecular formula is C37H38F3N5O2. The van der Waals surface area contributed by atoms with E-state index in [9.17, 15) is 9.50 Å². The summed E-state index contributed by atoms with van der Waals surface area (Å²) in [6, 6.07) is 7.61. The van der Waals surface area contributed by atoms with Gasteiger partial charge in [-0.15, -0.1) is 6.42 Å². The average molecular weight is 642 g/mol. The van der Waals surface area contributed by atoms with E-state index < -0.39 is 23.0 Å². The number of benzene rings is 3. The van der Waals surface area contributed by atoms with Crippen LogP contribution >= 0.6 is 0 Å². The molecule has 8 rings (SSSR count). The largest absolute Gasteiger partial charge is 0.508 e. The van der Waals surface area contributed by atoms with Gasteiger partial charge in [-0.3, -0.25) is 4.90 Å². The molecule has 10 heteroatoms. The molecule has 1 aromatic heterocycles. The number of aromatic nitrogens is 2. The Balaban J connectivity index is 1.27. The molecule has 0 radical (unpaired) electrons. The van der Waals surface area contributed by atoms with Gasteiger partial charge in [0.25, 0.3) is 0 Å². The first-order chi connectivity index (χ1) is 22.6. The number of nitrogens with one attached hydrogen (secondary N) is 1. The van der Waals surface area contributed by atoms with Crippen LogP contribution in [0.5, 0.6) is 11.8 Å². The lowest BCUT2D eigenvalue weighted by Crippen LogP contribution is -2.51. The van der Waals surface area contributed by atoms with Gasteiger partial charge in [-0.05, 0) is 74.2 Å². The predicted octanol–water partition coefficient (Wildman–Crippen LogP) is 6.38. The molecule has 4 fully saturated rings. The quantitative estimate of drug-likeness (QED) is 0.237. The van der Waals surface area contributed by atoms with Crippen LogP contribution in [0, 0.1) is 41.1 Å². The molecule has 2 bridgehead atoms. The van der Waals surface area contributed by atoms with E-state index in [-0.39, 0.29) is 56.7 Å². The van der Waals surface area contributed by atoms with Gasteiger partial charge >= 0.3 is 6.01 Å². The van der Waals surface area contributed by atoms with Crippen molar-refractivity contribution in [1.29, 1.82) is 0 Å². The molecule has 0 unspecified atom stereocenters. The minimum Gasteiger partial charge on any atom is -0.508 e. The fourth-order valence-corrected chi connectivity index (χ4v) is 8.02. The van der Waals surface area contributed by atoms with Crippen LogP contribution in [-0.4, -0.2) is 70.9 Å². The number of aromatic hydroxyl groups is 1. The maximum Gasteiger partial charge on any atom is 0.319 e. The molecule has 3 aliphatic heterocycles. The molecular weight excluding hydrogens is 603 g/mol. The van der Waals surface area contributed by atoms with Crippen molar-refractivity contribution < 1.29 is 23.0 Å². The summed E-state index contributed by atoms with van der Waals surface area (Å²) in [6.07, 6.45) is 11.2. The van der Waals surface area contributed by atoms with E-state index in [0.717, 1.165) is 32.4 Å². The minimum absolute atomic E-state index is 0.0305. The summed E-state index contributed by atoms with van der Waals surface area (Å²) in [4.78, 5) is 14.0. The van der Waals surface area contributed by atoms with Crippen LogP contribution in [0.15, 0.2) is 30.3 Å². The van der Waals surface area contributed by atoms with Crippen LogP contribution < -0.4 is 15.0 Å². The highest BCUT2D eigenvalue weighted by Gasteiger charge is 2.43. The van der Waals surface area contributed by atoms with Crippen molar-refractivity contribution >= 4 is 27.5 Å². The van der Waals surface area contributed by atoms with Crippen molar-refractivity contribution in [2.24, 2.45) is 11.3 Å². The van der Waals surface area contributed by atoms with Crippen LogP contribution in [0.2, 0.25) is 0 Å². The fourth-order valence-electron chi connectivity index (χ4n) is 8.02. The molecule has 47 heavy (non-hydrogen) atoms. The van der Waals surface area contributed by atoms with Gasteiger partial charge in [-0.25, -0.2) is 13.2 Å². The van der Waals surface area contributed by atoms with Gasteiger partial charge in [0.2, 0.25) is 0 Å². The first-order valence-electron chi connectivity index (χ1n) is 16.6. The molecule has 4 aliphatic rings. The van der Waals surface area contributed by atoms with Gasteiger partial charge in [0.1, 0.15) is 28.7 Å². The van der Waals surface area contributed by atoms with Gasteiger partial charge in [0.15, 0.2) is 5.82 Å². The van der Waals surface area contributed by atoms with E-state index in [1.807, 2.05) is 0 Å². The first-order valence-corrected chi connectivity index (χ1v) is 16.6. The van der Waals surface area contributed by atoms with Crippen molar-refractivity contribution in [2.45, 2.75) is 64.1 Å². The number of phenolic OH excluding ortho intramolecular Hbond substituents is 1. The zero-order chi connectivity index (χ0) is 32.6. The molecule has 0 spiro atoms. The topological polar surface area (TPSA) is 73.8 Å². The van der Waals surface area contributed by atoms with E-state index in [4.69, 9.17) is 16.1 Å². The van der Waals surface area contributed by atoms with Crippen LogP contribution in [0.25, 0.3) is 32.8 Å². The third-order valence-corrected chi connectivity index (χ3v) is 11.0. The summed E-state index contributed by atoms with van der Waals surface area (Å²) in [5.74, 6) is 0.365. The Morgan fingerprint density at radius 2 is 1.81 bits per heavy atom. The van der Waals surface area contributed by atoms with Gasteiger partial charge < -0.3 is 20.1 Å². The Morgan fingerprint density at radius 1 is 1.04 bits per heavy atom. The number of piperidine rings is 1. The highest BCUT2D eigenvalue weighted by Crippen LogP contribution is 2.43. The number of hydrogen-bond acceptors (Lipinski definition) is 7. The Kier molecular flexibility index (Phi) is 7.26. The molecule has 4 aromatic rings. The Hall–Kier alpha value is -4.07. The summed E-state index contributed by atoms with van der Waals surface area (Å²) in [7, 11) is 0. The zero-order valence-corrected chi connectivity index (χ0v) is 26.6. The number of nitrogens with zero attached hydrogens (tertiary/aromatic N) is 4. The highest BCUT2D eigenvalue weighted by atomic mass is 19.1. The number of halogens is 3. The second-order valence-corrected chi connectivity index (χ2v) is 14.3. The monoisotopic (exact) mass is 641 g/mol. The lowest BCUT2D eigenvalue weighted by Gasteiger charge is -2.45. The fraction of sp³-hybridized carbons (Fsp3) is 0.459. The average Bonchev–Trinajstić information content (AvgIpc) is 3.85. The first kappa shape index (κ1) is 30.3. The van der Waals surface area contributed by atoms with Gasteiger partial charge in [0.05, 0.1) is 17.7 Å². The normalized spacial score (nSPS) is 26.2. The van der Waals surface area contributed by atoms with Crippen molar-refractivity contribution in [2.75, 3.05) is 37.7 Å². The van der Waals surface area contributed by atoms with Crippen LogP contribution in [0.4, 0.5) is 19.0 Å². The van der Waals surface area contributed by atoms with Crippen molar-refractivity contribution in [3.63, 3.8) is 0 Å². The van der Waals surface area contributed by atoms with Crippen LogP contribution in [-0.2, 0) is 0 Å². The summed E-state index contributed by atoms with van der Waals surface area (Å²) in [6.45, 7) is 8.09. The number of ether oxygens (including phenoxy) is 1. The number of terminal acetylenes is 1. The van der Waals surface area contributed by atoms with E-state index in [0.29, 0.717) is 42.9 Å². The molecule has 244 valence electrons. The summed E-state index contributed by atoms with van der Waals surface area (Å²) in [5, 5.41) is 14.9. The molecule has 7 nitrogen and oxygen atoms in total. The molecule has 0 amide bonds. The molecule has 2 N–H and O–H groups in total. The maximum absolute atomic E-state index is 16.9. The Morgan fingerprint density at radius 3 is 2.53 bits per heavy atom. The van der Waals surface area contributed by atoms with Crippen molar-refractivity contribution in [3.8, 4) is 35.2 Å². The summed E-state index contributed by atoms with van der Waals surface area (Å²) < 4.78 is 54.5. The Bertz CT molecular complexity index is 1950. The third kappa shape index (κ3) is 5.24. The smallest absolute Gasteiger partial charge is 0.319 e. The lowest BCUT2D eigenvalue weighted by molar-refractivity contribution is 0.00500. The minimum atomic E-state index is -0.956. The highest BCUT2D eigenvalue weighted by molar-refractivity contribution is 6.04. The molecule has 3 saturated heterocycles. The van der Waals surface area contributed by atoms with E-state index in [1.165, 1.54) is 43.2 Å². The van der Waals surface area contributed by atoms with E-state index >= 15 is 8.78 Å². The van der Waals surface area contributed by atoms with E-state index in [2.05, 4.69) is 39.9 Å². The Labute approximate surface area is 272 Å². The predicted molar refractivity (Wildman–Crippen MR) is 176 cm³/mol. The van der Waals surface area contributed by atoms with Crippen LogP contribution in [0.3, 0.4) is 0 Å². The maximum atomic E-state index is 16.9. The number of fused-ring (bicyclic) bond motifs is 4. The molecule has 4 atom stereocenters. The molecule has 4 heterocycles. The number of rotatable bonds is 6. The van der Waals surface area contributed by atoms with Gasteiger partial charge in [0, 0.05) is 59.5 Å². The summed E-state index contributed by atoms with van der Waals surface area (Å²) >= 11 is 0. The van der Waals surface area contributed by atoms with Crippen molar-refractivity contribution in [3.05, 3.63) is 53.3 Å². The second kappa shape index (κ2) is 11.3. The third-order valence-electron chi connectivity index (χ3n) is 11.0. The van der Waals surface area contributed by atoms with Crippen LogP contribution in [0.1, 0.15) is 51.5 Å². The zero-order valence-electron chi connectivity index (χ0n) is 26.6. The standard InChI is InChI=1S/C37H38F3N5O2/c1-4-26-29(38)10-5-21-13-25(46)14-27(31(21)26)32-30(39)15-28-34(33(32)40)42-36(43-35(28)45-16-22-6-7-23(17-45)41-22)47-19-37(3)18-44(24-8-9-24)12-11-20(37)2/h1,5,10,13-15,20,22-24,41,46H,6-9,11-12,16-19H2,2-3H3/t20-,22-,23+,37+/m1/s1. The number of piperazine rings is 1. The van der Waals surface area contributed by atoms with E-state index in [1.54, 1.807) is 0 Å². The van der Waals surface area contributed by atoms with Gasteiger partial charge in [-0.1, -0.05) is 25.8 Å². The lowest BCUT2D eigenvalue weighted by atomic mass is 9.74. The molecule has 3 aromatic carbocycles. The molecule has 1 saturated carbocycles.